The summed E-state index contributed by atoms with van der Waals surface area (Å²) in [4.78, 5) is 14.0. The van der Waals surface area contributed by atoms with Crippen molar-refractivity contribution < 1.29 is 9.21 Å². The average molecular weight is 276 g/mol. The monoisotopic (exact) mass is 276 g/mol. The molecule has 1 fully saturated rings. The van der Waals surface area contributed by atoms with E-state index in [0.29, 0.717) is 17.4 Å². The van der Waals surface area contributed by atoms with Crippen molar-refractivity contribution in [1.82, 2.24) is 10.2 Å². The molecule has 2 N–H and O–H groups in total. The number of amides is 1. The van der Waals surface area contributed by atoms with Crippen molar-refractivity contribution in [1.29, 1.82) is 5.26 Å². The number of nitriles is 1. The first-order chi connectivity index (χ1) is 9.52. The number of furan rings is 1. The standard InChI is InChI=1S/C14H20N4O2/c1-9-10(2)20-14(12(9)6-15)17-13(19)8-18(3)11-4-5-16-7-11/h11,16H,4-5,7-8H2,1-3H3,(H,17,19). The van der Waals surface area contributed by atoms with Gasteiger partial charge in [-0.15, -0.1) is 0 Å². The van der Waals surface area contributed by atoms with E-state index >= 15 is 0 Å². The number of nitrogens with one attached hydrogen (secondary N) is 2. The average Bonchev–Trinajstić information content (AvgIpc) is 2.99. The highest BCUT2D eigenvalue weighted by atomic mass is 16.4. The normalized spacial score (nSPS) is 18.2. The number of likely N-dealkylation sites (N-methyl/N-ethyl adjacent to an activating group) is 1. The third-order valence-corrected chi connectivity index (χ3v) is 3.80. The van der Waals surface area contributed by atoms with E-state index in [4.69, 9.17) is 9.68 Å². The Morgan fingerprint density at radius 2 is 2.35 bits per heavy atom. The van der Waals surface area contributed by atoms with Gasteiger partial charge in [-0.1, -0.05) is 0 Å². The van der Waals surface area contributed by atoms with E-state index in [0.717, 1.165) is 25.1 Å². The second-order valence-corrected chi connectivity index (χ2v) is 5.21. The fraction of sp³-hybridized carbons (Fsp3) is 0.571. The van der Waals surface area contributed by atoms with Crippen LogP contribution < -0.4 is 10.6 Å². The van der Waals surface area contributed by atoms with E-state index < -0.39 is 0 Å². The van der Waals surface area contributed by atoms with E-state index in [9.17, 15) is 4.79 Å². The van der Waals surface area contributed by atoms with Gasteiger partial charge in [0, 0.05) is 18.2 Å². The number of carbonyl (C=O) groups is 1. The quantitative estimate of drug-likeness (QED) is 0.857. The van der Waals surface area contributed by atoms with Crippen molar-refractivity contribution in [3.8, 4) is 6.07 Å². The number of anilines is 1. The number of rotatable bonds is 4. The van der Waals surface area contributed by atoms with E-state index in [2.05, 4.69) is 16.7 Å². The van der Waals surface area contributed by atoms with Crippen LogP contribution in [0.3, 0.4) is 0 Å². The second kappa shape index (κ2) is 6.07. The van der Waals surface area contributed by atoms with Gasteiger partial charge in [0.1, 0.15) is 17.4 Å². The van der Waals surface area contributed by atoms with Crippen LogP contribution in [0.25, 0.3) is 0 Å². The maximum absolute atomic E-state index is 12.0. The van der Waals surface area contributed by atoms with Gasteiger partial charge in [-0.2, -0.15) is 5.26 Å². The second-order valence-electron chi connectivity index (χ2n) is 5.21. The predicted molar refractivity (Wildman–Crippen MR) is 75.4 cm³/mol. The van der Waals surface area contributed by atoms with Crippen LogP contribution in [0.4, 0.5) is 5.88 Å². The molecule has 2 heterocycles. The molecular formula is C14H20N4O2. The number of hydrogen-bond donors (Lipinski definition) is 2. The van der Waals surface area contributed by atoms with Gasteiger partial charge < -0.3 is 9.73 Å². The lowest BCUT2D eigenvalue weighted by Crippen LogP contribution is -2.39. The molecule has 1 aromatic rings. The topological polar surface area (TPSA) is 81.3 Å². The molecular weight excluding hydrogens is 256 g/mol. The summed E-state index contributed by atoms with van der Waals surface area (Å²) in [5.41, 5.74) is 1.18. The molecule has 1 aromatic heterocycles. The fourth-order valence-electron chi connectivity index (χ4n) is 2.39. The lowest BCUT2D eigenvalue weighted by Gasteiger charge is -2.22. The molecule has 0 aliphatic carbocycles. The smallest absolute Gasteiger partial charge is 0.240 e. The molecule has 0 bridgehead atoms. The molecule has 0 spiro atoms. The molecule has 2 rings (SSSR count). The SMILES string of the molecule is Cc1oc(NC(=O)CN(C)C2CCNC2)c(C#N)c1C. The first kappa shape index (κ1) is 14.6. The van der Waals surface area contributed by atoms with E-state index in [1.54, 1.807) is 6.92 Å². The molecule has 1 saturated heterocycles. The van der Waals surface area contributed by atoms with Gasteiger partial charge in [-0.05, 0) is 33.9 Å². The summed E-state index contributed by atoms with van der Waals surface area (Å²) in [7, 11) is 1.93. The highest BCUT2D eigenvalue weighted by Crippen LogP contribution is 2.25. The first-order valence-electron chi connectivity index (χ1n) is 6.73. The van der Waals surface area contributed by atoms with Crippen molar-refractivity contribution >= 4 is 11.8 Å². The Kier molecular flexibility index (Phi) is 4.42. The minimum Gasteiger partial charge on any atom is -0.444 e. The van der Waals surface area contributed by atoms with Crippen molar-refractivity contribution in [3.63, 3.8) is 0 Å². The molecule has 1 aliphatic rings. The fourth-order valence-corrected chi connectivity index (χ4v) is 2.39. The van der Waals surface area contributed by atoms with Crippen LogP contribution >= 0.6 is 0 Å². The van der Waals surface area contributed by atoms with Crippen LogP contribution in [0.5, 0.6) is 0 Å². The van der Waals surface area contributed by atoms with Crippen molar-refractivity contribution in [2.45, 2.75) is 26.3 Å². The van der Waals surface area contributed by atoms with Crippen molar-refractivity contribution in [2.24, 2.45) is 0 Å². The lowest BCUT2D eigenvalue weighted by molar-refractivity contribution is -0.117. The summed E-state index contributed by atoms with van der Waals surface area (Å²) in [6, 6.07) is 2.45. The highest BCUT2D eigenvalue weighted by molar-refractivity contribution is 5.92. The maximum atomic E-state index is 12.0. The molecule has 1 unspecified atom stereocenters. The van der Waals surface area contributed by atoms with Crippen LogP contribution in [0.15, 0.2) is 4.42 Å². The van der Waals surface area contributed by atoms with Gasteiger partial charge in [-0.3, -0.25) is 15.0 Å². The molecule has 1 amide bonds. The van der Waals surface area contributed by atoms with Crippen LogP contribution in [-0.4, -0.2) is 43.5 Å². The molecule has 6 heteroatoms. The molecule has 1 aliphatic heterocycles. The van der Waals surface area contributed by atoms with Gasteiger partial charge in [0.25, 0.3) is 0 Å². The molecule has 0 aromatic carbocycles. The zero-order chi connectivity index (χ0) is 14.7. The van der Waals surface area contributed by atoms with Crippen LogP contribution in [0.1, 0.15) is 23.3 Å². The molecule has 108 valence electrons. The van der Waals surface area contributed by atoms with Crippen molar-refractivity contribution in [3.05, 3.63) is 16.9 Å². The Hall–Kier alpha value is -1.84. The zero-order valence-electron chi connectivity index (χ0n) is 12.1. The highest BCUT2D eigenvalue weighted by Gasteiger charge is 2.22. The molecule has 0 radical (unpaired) electrons. The maximum Gasteiger partial charge on any atom is 0.240 e. The summed E-state index contributed by atoms with van der Waals surface area (Å²) < 4.78 is 5.43. The summed E-state index contributed by atoms with van der Waals surface area (Å²) in [5, 5.41) is 15.1. The minimum absolute atomic E-state index is 0.162. The van der Waals surface area contributed by atoms with Gasteiger partial charge >= 0.3 is 0 Å². The Bertz CT molecular complexity index is 538. The molecule has 0 saturated carbocycles. The van der Waals surface area contributed by atoms with Crippen LogP contribution in [0, 0.1) is 25.2 Å². The Labute approximate surface area is 118 Å². The van der Waals surface area contributed by atoms with Gasteiger partial charge in [0.05, 0.1) is 6.54 Å². The van der Waals surface area contributed by atoms with E-state index in [-0.39, 0.29) is 18.3 Å². The Morgan fingerprint density at radius 1 is 1.60 bits per heavy atom. The third kappa shape index (κ3) is 3.00. The summed E-state index contributed by atoms with van der Waals surface area (Å²) in [6.07, 6.45) is 1.05. The number of hydrogen-bond acceptors (Lipinski definition) is 5. The minimum atomic E-state index is -0.162. The van der Waals surface area contributed by atoms with E-state index in [1.807, 2.05) is 18.9 Å². The molecule has 20 heavy (non-hydrogen) atoms. The first-order valence-corrected chi connectivity index (χ1v) is 6.73. The number of nitrogens with zero attached hydrogens (tertiary/aromatic N) is 2. The largest absolute Gasteiger partial charge is 0.444 e. The van der Waals surface area contributed by atoms with Crippen LogP contribution in [0.2, 0.25) is 0 Å². The van der Waals surface area contributed by atoms with Gasteiger partial charge in [0.15, 0.2) is 0 Å². The number of aryl methyl sites for hydroxylation is 1. The van der Waals surface area contributed by atoms with Gasteiger partial charge in [0.2, 0.25) is 11.8 Å². The molecule has 1 atom stereocenters. The Balaban J connectivity index is 1.98. The zero-order valence-corrected chi connectivity index (χ0v) is 12.1. The number of carbonyl (C=O) groups excluding carboxylic acids is 1. The van der Waals surface area contributed by atoms with Crippen molar-refractivity contribution in [2.75, 3.05) is 32.0 Å². The molecule has 6 nitrogen and oxygen atoms in total. The van der Waals surface area contributed by atoms with Crippen LogP contribution in [-0.2, 0) is 4.79 Å². The Morgan fingerprint density at radius 3 is 2.95 bits per heavy atom. The van der Waals surface area contributed by atoms with Gasteiger partial charge in [-0.25, -0.2) is 0 Å². The summed E-state index contributed by atoms with van der Waals surface area (Å²) in [6.45, 7) is 5.78. The summed E-state index contributed by atoms with van der Waals surface area (Å²) >= 11 is 0. The van der Waals surface area contributed by atoms with E-state index in [1.165, 1.54) is 0 Å². The third-order valence-electron chi connectivity index (χ3n) is 3.80. The lowest BCUT2D eigenvalue weighted by atomic mass is 10.2. The predicted octanol–water partition coefficient (Wildman–Crippen LogP) is 1.00. The summed E-state index contributed by atoms with van der Waals surface area (Å²) in [5.74, 6) is 0.750.